The molecule has 2 aromatic carbocycles. The Morgan fingerprint density at radius 3 is 2.38 bits per heavy atom. The van der Waals surface area contributed by atoms with E-state index in [1.807, 2.05) is 12.1 Å². The lowest BCUT2D eigenvalue weighted by Crippen LogP contribution is -2.46. The SMILES string of the molecule is COc1c(I)cc(C[C@H](Nc2nc3ccc(N(C(=O)O)C(C)(C)C)c(C)c3c(=O)o2)C(=O)N(C)CCN2CCCCC2)cc1I. The summed E-state index contributed by atoms with van der Waals surface area (Å²) in [6.07, 6.45) is 2.79. The van der Waals surface area contributed by atoms with Crippen LogP contribution in [0.15, 0.2) is 33.5 Å². The smallest absolute Gasteiger partial charge is 0.412 e. The molecule has 2 heterocycles. The van der Waals surface area contributed by atoms with Gasteiger partial charge in [0.2, 0.25) is 5.91 Å². The van der Waals surface area contributed by atoms with E-state index in [4.69, 9.17) is 9.15 Å². The van der Waals surface area contributed by atoms with Crippen molar-refractivity contribution in [1.82, 2.24) is 14.8 Å². The molecule has 0 saturated carbocycles. The highest BCUT2D eigenvalue weighted by Crippen LogP contribution is 2.32. The number of likely N-dealkylation sites (N-methyl/N-ethyl adjacent to an activating group) is 1. The Kier molecular flexibility index (Phi) is 11.6. The van der Waals surface area contributed by atoms with Crippen molar-refractivity contribution >= 4 is 79.8 Å². The number of hydrogen-bond donors (Lipinski definition) is 2. The molecule has 0 aliphatic carbocycles. The molecule has 0 spiro atoms. The van der Waals surface area contributed by atoms with Gasteiger partial charge in [0.1, 0.15) is 11.8 Å². The number of aromatic nitrogens is 1. The molecule has 4 rings (SSSR count). The second-order valence-corrected chi connectivity index (χ2v) is 14.7. The van der Waals surface area contributed by atoms with Crippen molar-refractivity contribution in [2.45, 2.75) is 65.0 Å². The average molecular weight is 846 g/mol. The Hall–Kier alpha value is -2.66. The van der Waals surface area contributed by atoms with Gasteiger partial charge in [-0.2, -0.15) is 4.98 Å². The van der Waals surface area contributed by atoms with Crippen molar-refractivity contribution in [3.05, 3.63) is 53.0 Å². The standard InChI is InChI=1S/C32H41I2N5O6/c1-19-25(39(31(42)43)32(2,3)4)11-10-23-26(19)29(41)45-30(35-23)36-24(18-20-16-21(33)27(44-6)22(34)17-20)28(40)37(5)14-15-38-12-8-7-9-13-38/h10-11,16-17,24H,7-9,12-15,18H2,1-6H3,(H,35,36)(H,42,43)/t24-/m0/s1. The minimum Gasteiger partial charge on any atom is -0.495 e. The summed E-state index contributed by atoms with van der Waals surface area (Å²) in [4.78, 5) is 49.3. The molecule has 2 N–H and O–H groups in total. The first-order valence-corrected chi connectivity index (χ1v) is 17.1. The first-order chi connectivity index (χ1) is 21.2. The van der Waals surface area contributed by atoms with Gasteiger partial charge in [-0.1, -0.05) is 6.42 Å². The fourth-order valence-electron chi connectivity index (χ4n) is 5.72. The van der Waals surface area contributed by atoms with E-state index in [0.717, 1.165) is 38.1 Å². The minimum atomic E-state index is -1.13. The van der Waals surface area contributed by atoms with Crippen LogP contribution in [0.3, 0.4) is 0 Å². The predicted octanol–water partition coefficient (Wildman–Crippen LogP) is 5.96. The molecule has 45 heavy (non-hydrogen) atoms. The van der Waals surface area contributed by atoms with Gasteiger partial charge < -0.3 is 29.4 Å². The number of rotatable bonds is 10. The number of ether oxygens (including phenoxy) is 1. The highest BCUT2D eigenvalue weighted by molar-refractivity contribution is 14.1. The molecule has 1 aliphatic heterocycles. The number of hydrogen-bond acceptors (Lipinski definition) is 8. The number of carboxylic acid groups (broad SMARTS) is 1. The van der Waals surface area contributed by atoms with Crippen molar-refractivity contribution in [3.63, 3.8) is 0 Å². The van der Waals surface area contributed by atoms with Crippen molar-refractivity contribution < 1.29 is 23.8 Å². The fourth-order valence-corrected chi connectivity index (χ4v) is 8.06. The number of methoxy groups -OCH3 is 1. The maximum atomic E-state index is 13.9. The van der Waals surface area contributed by atoms with Crippen molar-refractivity contribution in [2.24, 2.45) is 0 Å². The number of piperidine rings is 1. The number of nitrogens with one attached hydrogen (secondary N) is 1. The number of amides is 2. The highest BCUT2D eigenvalue weighted by atomic mass is 127. The third-order valence-corrected chi connectivity index (χ3v) is 9.61. The first-order valence-electron chi connectivity index (χ1n) is 14.9. The van der Waals surface area contributed by atoms with E-state index in [9.17, 15) is 19.5 Å². The predicted molar refractivity (Wildman–Crippen MR) is 193 cm³/mol. The number of aryl methyl sites for hydroxylation is 1. The maximum Gasteiger partial charge on any atom is 0.412 e. The van der Waals surface area contributed by atoms with Gasteiger partial charge in [0.25, 0.3) is 6.01 Å². The molecule has 1 aliphatic rings. The number of likely N-dealkylation sites (tertiary alicyclic amines) is 1. The maximum absolute atomic E-state index is 13.9. The minimum absolute atomic E-state index is 0.0775. The van der Waals surface area contributed by atoms with Gasteiger partial charge in [-0.15, -0.1) is 0 Å². The van der Waals surface area contributed by atoms with Crippen LogP contribution < -0.4 is 20.6 Å². The molecule has 1 fully saturated rings. The largest absolute Gasteiger partial charge is 0.495 e. The van der Waals surface area contributed by atoms with Gasteiger partial charge >= 0.3 is 11.7 Å². The second-order valence-electron chi connectivity index (χ2n) is 12.4. The molecule has 244 valence electrons. The molecule has 0 unspecified atom stereocenters. The van der Waals surface area contributed by atoms with Crippen LogP contribution in [0.2, 0.25) is 0 Å². The Morgan fingerprint density at radius 2 is 1.80 bits per heavy atom. The molecule has 13 heteroatoms. The lowest BCUT2D eigenvalue weighted by atomic mass is 10.0. The highest BCUT2D eigenvalue weighted by Gasteiger charge is 2.31. The van der Waals surface area contributed by atoms with Crippen LogP contribution in [0.5, 0.6) is 5.75 Å². The van der Waals surface area contributed by atoms with Crippen molar-refractivity contribution in [1.29, 1.82) is 0 Å². The third kappa shape index (κ3) is 8.39. The average Bonchev–Trinajstić information content (AvgIpc) is 2.96. The normalized spacial score (nSPS) is 14.7. The van der Waals surface area contributed by atoms with Crippen LogP contribution in [-0.4, -0.2) is 83.8 Å². The number of halogens is 2. The number of nitrogens with zero attached hydrogens (tertiary/aromatic N) is 4. The zero-order valence-corrected chi connectivity index (χ0v) is 30.9. The molecule has 0 bridgehead atoms. The van der Waals surface area contributed by atoms with E-state index >= 15 is 0 Å². The van der Waals surface area contributed by atoms with E-state index < -0.39 is 23.3 Å². The number of anilines is 2. The monoisotopic (exact) mass is 845 g/mol. The van der Waals surface area contributed by atoms with E-state index in [1.54, 1.807) is 58.9 Å². The Bertz CT molecular complexity index is 1590. The van der Waals surface area contributed by atoms with Gasteiger partial charge in [0.05, 0.1) is 30.8 Å². The Morgan fingerprint density at radius 1 is 1.16 bits per heavy atom. The van der Waals surface area contributed by atoms with Crippen LogP contribution in [0, 0.1) is 14.1 Å². The van der Waals surface area contributed by atoms with Gasteiger partial charge in [0.15, 0.2) is 0 Å². The first kappa shape index (κ1) is 35.2. The molecule has 11 nitrogen and oxygen atoms in total. The van der Waals surface area contributed by atoms with Crippen LogP contribution in [0.4, 0.5) is 16.5 Å². The van der Waals surface area contributed by atoms with Crippen molar-refractivity contribution in [2.75, 3.05) is 50.6 Å². The number of carbonyl (C=O) groups excluding carboxylic acids is 1. The zero-order valence-electron chi connectivity index (χ0n) is 26.6. The molecule has 0 radical (unpaired) electrons. The molecular formula is C32H41I2N5O6. The molecule has 1 aromatic heterocycles. The molecule has 2 amide bonds. The third-order valence-electron chi connectivity index (χ3n) is 8.01. The lowest BCUT2D eigenvalue weighted by molar-refractivity contribution is -0.131. The number of carbonyl (C=O) groups is 2. The van der Waals surface area contributed by atoms with E-state index in [1.165, 1.54) is 24.2 Å². The number of fused-ring (bicyclic) bond motifs is 1. The summed E-state index contributed by atoms with van der Waals surface area (Å²) in [5.74, 6) is 0.630. The summed E-state index contributed by atoms with van der Waals surface area (Å²) < 4.78 is 13.0. The lowest BCUT2D eigenvalue weighted by Gasteiger charge is -2.34. The summed E-state index contributed by atoms with van der Waals surface area (Å²) >= 11 is 4.44. The van der Waals surface area contributed by atoms with Gasteiger partial charge in [0, 0.05) is 32.1 Å². The van der Waals surface area contributed by atoms with Crippen LogP contribution in [-0.2, 0) is 11.2 Å². The van der Waals surface area contributed by atoms with Crippen molar-refractivity contribution in [3.8, 4) is 5.75 Å². The molecule has 1 saturated heterocycles. The summed E-state index contributed by atoms with van der Waals surface area (Å²) in [6.45, 7) is 10.5. The van der Waals surface area contributed by atoms with E-state index in [2.05, 4.69) is 60.4 Å². The van der Waals surface area contributed by atoms with E-state index in [-0.39, 0.29) is 17.3 Å². The molecule has 3 aromatic rings. The van der Waals surface area contributed by atoms with Gasteiger partial charge in [-0.3, -0.25) is 9.69 Å². The Balaban J connectivity index is 1.67. The molecular weight excluding hydrogens is 804 g/mol. The van der Waals surface area contributed by atoms with Crippen LogP contribution in [0.25, 0.3) is 10.9 Å². The van der Waals surface area contributed by atoms with Gasteiger partial charge in [-0.25, -0.2) is 9.59 Å². The second kappa shape index (κ2) is 14.8. The summed E-state index contributed by atoms with van der Waals surface area (Å²) in [5, 5.41) is 13.2. The fraction of sp³-hybridized carbons (Fsp3) is 0.500. The summed E-state index contributed by atoms with van der Waals surface area (Å²) in [6, 6.07) is 6.37. The zero-order chi connectivity index (χ0) is 33.1. The number of benzene rings is 2. The topological polar surface area (TPSA) is 128 Å². The Labute approximate surface area is 291 Å². The quantitative estimate of drug-likeness (QED) is 0.238. The summed E-state index contributed by atoms with van der Waals surface area (Å²) in [7, 11) is 3.42. The summed E-state index contributed by atoms with van der Waals surface area (Å²) in [5.41, 5.74) is 0.671. The van der Waals surface area contributed by atoms with Crippen LogP contribution >= 0.6 is 45.2 Å². The van der Waals surface area contributed by atoms with E-state index in [0.29, 0.717) is 29.7 Å². The van der Waals surface area contributed by atoms with Gasteiger partial charge in [-0.05, 0) is 134 Å². The molecule has 1 atom stereocenters. The van der Waals surface area contributed by atoms with Crippen LogP contribution in [0.1, 0.15) is 51.2 Å².